The molecule has 2 N–H and O–H groups in total. The van der Waals surface area contributed by atoms with Crippen molar-refractivity contribution in [2.75, 3.05) is 18.5 Å². The molecule has 1 rings (SSSR count). The van der Waals surface area contributed by atoms with Gasteiger partial charge in [-0.3, -0.25) is 0 Å². The van der Waals surface area contributed by atoms with E-state index in [-0.39, 0.29) is 18.1 Å². The lowest BCUT2D eigenvalue weighted by molar-refractivity contribution is 0.128. The molecule has 1 aromatic rings. The molecule has 0 spiro atoms. The van der Waals surface area contributed by atoms with Crippen LogP contribution in [0.1, 0.15) is 39.9 Å². The molecule has 1 heterocycles. The van der Waals surface area contributed by atoms with Gasteiger partial charge in [0, 0.05) is 25.3 Å². The highest BCUT2D eigenvalue weighted by atomic mass is 35.5. The van der Waals surface area contributed by atoms with Gasteiger partial charge in [0.05, 0.1) is 0 Å². The number of nitrogens with one attached hydrogen (secondary N) is 1. The molecule has 0 aromatic carbocycles. The van der Waals surface area contributed by atoms with E-state index in [9.17, 15) is 5.11 Å². The summed E-state index contributed by atoms with van der Waals surface area (Å²) in [5.74, 6) is 1.21. The predicted octanol–water partition coefficient (Wildman–Crippen LogP) is 2.88. The van der Waals surface area contributed by atoms with Gasteiger partial charge in [0.25, 0.3) is 0 Å². The Hall–Kier alpha value is -0.910. The highest BCUT2D eigenvalue weighted by Crippen LogP contribution is 2.25. The Kier molecular flexibility index (Phi) is 6.65. The van der Waals surface area contributed by atoms with E-state index >= 15 is 0 Å². The fourth-order valence-electron chi connectivity index (χ4n) is 1.83. The zero-order chi connectivity index (χ0) is 15.2. The Morgan fingerprint density at radius 3 is 2.65 bits per heavy atom. The van der Waals surface area contributed by atoms with E-state index in [1.807, 2.05) is 6.92 Å². The Balaban J connectivity index is 2.86. The Morgan fingerprint density at radius 2 is 2.10 bits per heavy atom. The number of aromatic nitrogens is 2. The van der Waals surface area contributed by atoms with Crippen LogP contribution in [0.5, 0.6) is 0 Å². The third-order valence-corrected chi connectivity index (χ3v) is 3.16. The zero-order valence-electron chi connectivity index (χ0n) is 12.6. The van der Waals surface area contributed by atoms with Crippen molar-refractivity contribution in [2.45, 2.75) is 46.8 Å². The summed E-state index contributed by atoms with van der Waals surface area (Å²) in [5, 5.41) is 12.9. The first-order chi connectivity index (χ1) is 9.36. The van der Waals surface area contributed by atoms with Gasteiger partial charge in [-0.15, -0.1) is 0 Å². The highest BCUT2D eigenvalue weighted by Gasteiger charge is 2.24. The molecule has 0 aliphatic carbocycles. The van der Waals surface area contributed by atoms with Crippen molar-refractivity contribution in [1.82, 2.24) is 9.97 Å². The lowest BCUT2D eigenvalue weighted by Crippen LogP contribution is -2.35. The minimum absolute atomic E-state index is 0.000236. The number of nitrogens with zero attached hydrogens (tertiary/aromatic N) is 2. The van der Waals surface area contributed by atoms with Crippen molar-refractivity contribution >= 4 is 17.4 Å². The first-order valence-electron chi connectivity index (χ1n) is 6.85. The molecule has 6 heteroatoms. The molecule has 1 atom stereocenters. The van der Waals surface area contributed by atoms with Crippen LogP contribution in [0.4, 0.5) is 5.82 Å². The van der Waals surface area contributed by atoms with Crippen LogP contribution in [0.2, 0.25) is 5.15 Å². The van der Waals surface area contributed by atoms with Gasteiger partial charge in [-0.2, -0.15) is 0 Å². The van der Waals surface area contributed by atoms with Crippen molar-refractivity contribution in [3.63, 3.8) is 0 Å². The first-order valence-corrected chi connectivity index (χ1v) is 7.23. The number of hydrogen-bond acceptors (Lipinski definition) is 5. The molecule has 1 unspecified atom stereocenters. The smallest absolute Gasteiger partial charge is 0.158 e. The summed E-state index contributed by atoms with van der Waals surface area (Å²) in [6, 6.07) is 1.78. The summed E-state index contributed by atoms with van der Waals surface area (Å²) in [7, 11) is 0. The van der Waals surface area contributed by atoms with Crippen molar-refractivity contribution in [1.29, 1.82) is 0 Å². The van der Waals surface area contributed by atoms with Crippen LogP contribution in [0, 0.1) is 5.41 Å². The quantitative estimate of drug-likeness (QED) is 0.758. The van der Waals surface area contributed by atoms with Gasteiger partial charge < -0.3 is 15.2 Å². The Morgan fingerprint density at radius 1 is 1.40 bits per heavy atom. The summed E-state index contributed by atoms with van der Waals surface area (Å²) < 4.78 is 5.30. The average molecular weight is 302 g/mol. The first kappa shape index (κ1) is 17.1. The third kappa shape index (κ3) is 5.61. The number of aliphatic hydroxyl groups is 1. The van der Waals surface area contributed by atoms with Crippen molar-refractivity contribution in [3.05, 3.63) is 17.0 Å². The fourth-order valence-corrected chi connectivity index (χ4v) is 2.03. The van der Waals surface area contributed by atoms with E-state index in [1.165, 1.54) is 0 Å². The maximum absolute atomic E-state index is 9.18. The van der Waals surface area contributed by atoms with Crippen molar-refractivity contribution in [2.24, 2.45) is 5.41 Å². The molecule has 0 fully saturated rings. The van der Waals surface area contributed by atoms with E-state index in [0.717, 1.165) is 0 Å². The maximum Gasteiger partial charge on any atom is 0.158 e. The second-order valence-corrected chi connectivity index (χ2v) is 6.09. The van der Waals surface area contributed by atoms with E-state index in [1.54, 1.807) is 6.07 Å². The SMILES string of the molecule is CCOCc1nc(Cl)cc(NC(CCO)C(C)(C)C)n1. The van der Waals surface area contributed by atoms with Gasteiger partial charge in [-0.05, 0) is 18.8 Å². The molecule has 0 radical (unpaired) electrons. The van der Waals surface area contributed by atoms with E-state index in [2.05, 4.69) is 36.1 Å². The second kappa shape index (κ2) is 7.76. The largest absolute Gasteiger partial charge is 0.396 e. The molecule has 5 nitrogen and oxygen atoms in total. The molecule has 114 valence electrons. The van der Waals surface area contributed by atoms with E-state index < -0.39 is 0 Å². The number of anilines is 1. The summed E-state index contributed by atoms with van der Waals surface area (Å²) in [6.07, 6.45) is 0.645. The lowest BCUT2D eigenvalue weighted by Gasteiger charge is -2.31. The number of halogens is 1. The third-order valence-electron chi connectivity index (χ3n) is 2.96. The second-order valence-electron chi connectivity index (χ2n) is 5.70. The van der Waals surface area contributed by atoms with Gasteiger partial charge in [0.1, 0.15) is 17.6 Å². The van der Waals surface area contributed by atoms with E-state index in [0.29, 0.717) is 36.4 Å². The Labute approximate surface area is 125 Å². The summed E-state index contributed by atoms with van der Waals surface area (Å²) in [5.41, 5.74) is 0.000236. The van der Waals surface area contributed by atoms with Crippen LogP contribution in [0.15, 0.2) is 6.07 Å². The van der Waals surface area contributed by atoms with Crippen LogP contribution >= 0.6 is 11.6 Å². The molecular weight excluding hydrogens is 278 g/mol. The molecule has 0 aliphatic heterocycles. The van der Waals surface area contributed by atoms with E-state index in [4.69, 9.17) is 16.3 Å². The number of aliphatic hydroxyl groups excluding tert-OH is 1. The molecule has 0 saturated heterocycles. The normalized spacial score (nSPS) is 13.3. The van der Waals surface area contributed by atoms with Gasteiger partial charge >= 0.3 is 0 Å². The van der Waals surface area contributed by atoms with Crippen LogP contribution in [0.25, 0.3) is 0 Å². The molecule has 0 bridgehead atoms. The molecule has 0 aliphatic rings. The highest BCUT2D eigenvalue weighted by molar-refractivity contribution is 6.29. The standard InChI is InChI=1S/C14H24ClN3O2/c1-5-20-9-13-17-11(15)8-12(18-13)16-10(6-7-19)14(2,3)4/h8,10,19H,5-7,9H2,1-4H3,(H,16,17,18). The minimum Gasteiger partial charge on any atom is -0.396 e. The predicted molar refractivity (Wildman–Crippen MR) is 80.9 cm³/mol. The van der Waals surface area contributed by atoms with Crippen LogP contribution in [-0.2, 0) is 11.3 Å². The zero-order valence-corrected chi connectivity index (χ0v) is 13.4. The van der Waals surface area contributed by atoms with Gasteiger partial charge in [-0.25, -0.2) is 9.97 Å². The molecule has 0 amide bonds. The number of rotatable bonds is 7. The topological polar surface area (TPSA) is 67.3 Å². The van der Waals surface area contributed by atoms with Crippen molar-refractivity contribution in [3.8, 4) is 0 Å². The average Bonchev–Trinajstić information content (AvgIpc) is 2.34. The van der Waals surface area contributed by atoms with Crippen LogP contribution in [0.3, 0.4) is 0 Å². The summed E-state index contributed by atoms with van der Waals surface area (Å²) in [6.45, 7) is 9.33. The van der Waals surface area contributed by atoms with Crippen molar-refractivity contribution < 1.29 is 9.84 Å². The number of ether oxygens (including phenoxy) is 1. The fraction of sp³-hybridized carbons (Fsp3) is 0.714. The molecule has 1 aromatic heterocycles. The number of hydrogen-bond donors (Lipinski definition) is 2. The van der Waals surface area contributed by atoms with Crippen LogP contribution < -0.4 is 5.32 Å². The summed E-state index contributed by atoms with van der Waals surface area (Å²) >= 11 is 6.01. The minimum atomic E-state index is 0.000236. The van der Waals surface area contributed by atoms with Gasteiger partial charge in [-0.1, -0.05) is 32.4 Å². The Bertz CT molecular complexity index is 421. The van der Waals surface area contributed by atoms with Gasteiger partial charge in [0.15, 0.2) is 5.82 Å². The molecule has 0 saturated carbocycles. The van der Waals surface area contributed by atoms with Gasteiger partial charge in [0.2, 0.25) is 0 Å². The maximum atomic E-state index is 9.18. The molecule has 20 heavy (non-hydrogen) atoms. The molecular formula is C14H24ClN3O2. The summed E-state index contributed by atoms with van der Waals surface area (Å²) in [4.78, 5) is 8.52. The van der Waals surface area contributed by atoms with Crippen LogP contribution in [-0.4, -0.2) is 34.3 Å². The monoisotopic (exact) mass is 301 g/mol. The lowest BCUT2D eigenvalue weighted by atomic mass is 9.85.